The average molecular weight is 520 g/mol. The Hall–Kier alpha value is -4.78. The smallest absolute Gasteiger partial charge is 0.186 e. The molecule has 1 saturated heterocycles. The molecule has 0 bridgehead atoms. The Kier molecular flexibility index (Phi) is 5.01. The van der Waals surface area contributed by atoms with Crippen LogP contribution in [0.5, 0.6) is 5.75 Å². The van der Waals surface area contributed by atoms with Gasteiger partial charge in [0.15, 0.2) is 17.3 Å². The Balaban J connectivity index is 1.53. The summed E-state index contributed by atoms with van der Waals surface area (Å²) in [5, 5.41) is 0. The summed E-state index contributed by atoms with van der Waals surface area (Å²) in [6.07, 6.45) is 4.95. The second kappa shape index (κ2) is 8.36. The number of carbonyl (C=O) groups is 3. The van der Waals surface area contributed by atoms with Crippen molar-refractivity contribution >= 4 is 29.1 Å². The van der Waals surface area contributed by atoms with Crippen LogP contribution in [0.3, 0.4) is 0 Å². The SMILES string of the molecule is COc1cccc(C(=O)[C@@H]2[C@H](c3ccco3)C3(C(=O)c4ccccc4C3=O)[C@H]3C=Cc4cc(F)ccc4N23)c1. The van der Waals surface area contributed by atoms with Gasteiger partial charge in [0.25, 0.3) is 0 Å². The van der Waals surface area contributed by atoms with Gasteiger partial charge in [-0.1, -0.05) is 48.6 Å². The first kappa shape index (κ1) is 23.3. The molecule has 7 heteroatoms. The number of ether oxygens (including phenoxy) is 1. The number of furan rings is 1. The second-order valence-corrected chi connectivity index (χ2v) is 10.0. The fraction of sp³-hybridized carbons (Fsp3) is 0.156. The number of Topliss-reactive ketones (excluding diaryl/α,β-unsaturated/α-hetero) is 3. The number of hydrogen-bond donors (Lipinski definition) is 0. The highest BCUT2D eigenvalue weighted by Gasteiger charge is 2.72. The molecule has 3 aromatic carbocycles. The summed E-state index contributed by atoms with van der Waals surface area (Å²) in [5.74, 6) is -1.53. The monoisotopic (exact) mass is 519 g/mol. The molecule has 1 aromatic heterocycles. The summed E-state index contributed by atoms with van der Waals surface area (Å²) in [6.45, 7) is 0. The predicted molar refractivity (Wildman–Crippen MR) is 142 cm³/mol. The zero-order valence-electron chi connectivity index (χ0n) is 20.8. The summed E-state index contributed by atoms with van der Waals surface area (Å²) >= 11 is 0. The van der Waals surface area contributed by atoms with Crippen molar-refractivity contribution in [3.8, 4) is 5.75 Å². The van der Waals surface area contributed by atoms with Crippen LogP contribution in [0.25, 0.3) is 6.08 Å². The first-order valence-electron chi connectivity index (χ1n) is 12.6. The van der Waals surface area contributed by atoms with Crippen LogP contribution < -0.4 is 9.64 Å². The summed E-state index contributed by atoms with van der Waals surface area (Å²) < 4.78 is 25.5. The molecule has 1 spiro atoms. The topological polar surface area (TPSA) is 76.8 Å². The van der Waals surface area contributed by atoms with Gasteiger partial charge in [0.2, 0.25) is 0 Å². The minimum Gasteiger partial charge on any atom is -0.497 e. The highest BCUT2D eigenvalue weighted by Crippen LogP contribution is 2.61. The van der Waals surface area contributed by atoms with E-state index in [2.05, 4.69) is 0 Å². The van der Waals surface area contributed by atoms with Crippen LogP contribution in [0.1, 0.15) is 48.3 Å². The third kappa shape index (κ3) is 3.04. The molecule has 3 atom stereocenters. The fourth-order valence-electron chi connectivity index (χ4n) is 6.67. The van der Waals surface area contributed by atoms with E-state index in [4.69, 9.17) is 9.15 Å². The van der Waals surface area contributed by atoms with Crippen LogP contribution >= 0.6 is 0 Å². The van der Waals surface area contributed by atoms with Gasteiger partial charge in [0.1, 0.15) is 28.8 Å². The molecule has 0 unspecified atom stereocenters. The highest BCUT2D eigenvalue weighted by molar-refractivity contribution is 6.32. The van der Waals surface area contributed by atoms with Gasteiger partial charge in [-0.3, -0.25) is 14.4 Å². The number of hydrogen-bond acceptors (Lipinski definition) is 6. The van der Waals surface area contributed by atoms with Gasteiger partial charge < -0.3 is 14.1 Å². The highest BCUT2D eigenvalue weighted by atomic mass is 19.1. The maximum Gasteiger partial charge on any atom is 0.186 e. The van der Waals surface area contributed by atoms with E-state index in [1.54, 1.807) is 78.9 Å². The van der Waals surface area contributed by atoms with Crippen molar-refractivity contribution in [2.24, 2.45) is 5.41 Å². The maximum atomic E-state index is 14.5. The Labute approximate surface area is 223 Å². The quantitative estimate of drug-likeness (QED) is 0.253. The molecule has 1 aliphatic carbocycles. The molecular weight excluding hydrogens is 497 g/mol. The molecule has 1 fully saturated rings. The number of carbonyl (C=O) groups excluding carboxylic acids is 3. The number of anilines is 1. The zero-order valence-corrected chi connectivity index (χ0v) is 20.8. The molecule has 0 saturated carbocycles. The molecule has 0 amide bonds. The zero-order chi connectivity index (χ0) is 26.9. The Bertz CT molecular complexity index is 1670. The fourth-order valence-corrected chi connectivity index (χ4v) is 6.67. The number of fused-ring (bicyclic) bond motifs is 5. The van der Waals surface area contributed by atoms with Gasteiger partial charge in [-0.05, 0) is 42.5 Å². The van der Waals surface area contributed by atoms with Crippen molar-refractivity contribution < 1.29 is 27.9 Å². The van der Waals surface area contributed by atoms with Crippen LogP contribution in [0.15, 0.2) is 95.6 Å². The van der Waals surface area contributed by atoms with E-state index in [0.29, 0.717) is 39.5 Å². The van der Waals surface area contributed by atoms with Crippen molar-refractivity contribution in [2.45, 2.75) is 18.0 Å². The summed E-state index contributed by atoms with van der Waals surface area (Å²) in [5.41, 5.74) is 0.470. The molecule has 0 N–H and O–H groups in total. The lowest BCUT2D eigenvalue weighted by Crippen LogP contribution is -2.48. The summed E-state index contributed by atoms with van der Waals surface area (Å²) in [4.78, 5) is 45.2. The van der Waals surface area contributed by atoms with E-state index in [1.807, 2.05) is 4.90 Å². The number of benzene rings is 3. The van der Waals surface area contributed by atoms with Gasteiger partial charge in [-0.2, -0.15) is 0 Å². The van der Waals surface area contributed by atoms with Crippen LogP contribution in [0.4, 0.5) is 10.1 Å². The Morgan fingerprint density at radius 3 is 2.41 bits per heavy atom. The van der Waals surface area contributed by atoms with Gasteiger partial charge >= 0.3 is 0 Å². The molecule has 39 heavy (non-hydrogen) atoms. The van der Waals surface area contributed by atoms with E-state index < -0.39 is 29.2 Å². The third-order valence-corrected chi connectivity index (χ3v) is 8.24. The second-order valence-electron chi connectivity index (χ2n) is 10.0. The van der Waals surface area contributed by atoms with Crippen molar-refractivity contribution in [1.82, 2.24) is 0 Å². The van der Waals surface area contributed by atoms with Crippen LogP contribution in [0.2, 0.25) is 0 Å². The molecule has 192 valence electrons. The first-order chi connectivity index (χ1) is 19.0. The van der Waals surface area contributed by atoms with Gasteiger partial charge in [0, 0.05) is 27.9 Å². The molecule has 4 aromatic rings. The lowest BCUT2D eigenvalue weighted by Gasteiger charge is -2.37. The average Bonchev–Trinajstić information content (AvgIpc) is 3.65. The van der Waals surface area contributed by atoms with Gasteiger partial charge in [-0.15, -0.1) is 0 Å². The number of nitrogens with zero attached hydrogens (tertiary/aromatic N) is 1. The number of ketones is 3. The molecule has 0 radical (unpaired) electrons. The third-order valence-electron chi connectivity index (χ3n) is 8.24. The summed E-state index contributed by atoms with van der Waals surface area (Å²) in [7, 11) is 1.52. The lowest BCUT2D eigenvalue weighted by molar-refractivity contribution is 0.0652. The van der Waals surface area contributed by atoms with Gasteiger partial charge in [0.05, 0.1) is 25.3 Å². The molecule has 3 heterocycles. The minimum absolute atomic E-state index is 0.306. The van der Waals surface area contributed by atoms with Crippen molar-refractivity contribution in [1.29, 1.82) is 0 Å². The molecular formula is C32H22FNO5. The van der Waals surface area contributed by atoms with E-state index >= 15 is 0 Å². The van der Waals surface area contributed by atoms with Crippen molar-refractivity contribution in [3.63, 3.8) is 0 Å². The van der Waals surface area contributed by atoms with Crippen LogP contribution in [-0.4, -0.2) is 36.5 Å². The normalized spacial score (nSPS) is 22.1. The molecule has 2 aliphatic heterocycles. The van der Waals surface area contributed by atoms with E-state index in [9.17, 15) is 18.8 Å². The van der Waals surface area contributed by atoms with E-state index in [0.717, 1.165) is 0 Å². The van der Waals surface area contributed by atoms with Crippen molar-refractivity contribution in [3.05, 3.63) is 125 Å². The maximum absolute atomic E-state index is 14.5. The van der Waals surface area contributed by atoms with E-state index in [-0.39, 0.29) is 17.3 Å². The predicted octanol–water partition coefficient (Wildman–Crippen LogP) is 5.74. The van der Waals surface area contributed by atoms with Crippen LogP contribution in [-0.2, 0) is 0 Å². The first-order valence-corrected chi connectivity index (χ1v) is 12.6. The Morgan fingerprint density at radius 1 is 0.949 bits per heavy atom. The lowest BCUT2D eigenvalue weighted by atomic mass is 9.65. The van der Waals surface area contributed by atoms with Gasteiger partial charge in [-0.25, -0.2) is 4.39 Å². The largest absolute Gasteiger partial charge is 0.497 e. The van der Waals surface area contributed by atoms with E-state index in [1.165, 1.54) is 25.5 Å². The van der Waals surface area contributed by atoms with Crippen LogP contribution in [0, 0.1) is 11.2 Å². The van der Waals surface area contributed by atoms with Crippen molar-refractivity contribution in [2.75, 3.05) is 12.0 Å². The number of rotatable bonds is 4. The Morgan fingerprint density at radius 2 is 1.72 bits per heavy atom. The number of methoxy groups -OCH3 is 1. The minimum atomic E-state index is -1.66. The molecule has 6 nitrogen and oxygen atoms in total. The summed E-state index contributed by atoms with van der Waals surface area (Å²) in [6, 6.07) is 19.4. The standard InChI is InChI=1S/C32H22FNO5/c1-38-21-7-4-6-19(17-21)29(35)28-27(25-10-5-15-39-25)32(30(36)22-8-2-3-9-23(22)31(32)37)26-14-11-18-16-20(33)12-13-24(18)34(26)28/h2-17,26-28H,1H3/t26-,27+,28+/m1/s1. The molecule has 3 aliphatic rings. The number of halogens is 1. The molecule has 7 rings (SSSR count).